The van der Waals surface area contributed by atoms with Gasteiger partial charge in [0.2, 0.25) is 5.95 Å². The standard InChI is InChI=1S/C23H21F3N6O6/c1-32(19(33)22(5-6-36-12-22)31-21(34)38-15-8-27-13-28-9-15)20-29-10-16(11-30-20)37-18-4-3-14(35-2)7-17(18)23(24,25)26/h3-4,7-11,13H,5-6,12H2,1-2H3,(H,31,34). The quantitative estimate of drug-likeness (QED) is 0.481. The van der Waals surface area contributed by atoms with Gasteiger partial charge in [-0.05, 0) is 18.2 Å². The molecular formula is C23H21F3N6O6. The molecule has 2 aromatic heterocycles. The Morgan fingerprint density at radius 3 is 2.39 bits per heavy atom. The van der Waals surface area contributed by atoms with Gasteiger partial charge in [0.25, 0.3) is 5.91 Å². The van der Waals surface area contributed by atoms with E-state index >= 15 is 0 Å². The highest BCUT2D eigenvalue weighted by molar-refractivity contribution is 6.00. The zero-order valence-electron chi connectivity index (χ0n) is 20.1. The summed E-state index contributed by atoms with van der Waals surface area (Å²) in [6, 6.07) is 3.24. The van der Waals surface area contributed by atoms with E-state index in [1.54, 1.807) is 0 Å². The van der Waals surface area contributed by atoms with Crippen molar-refractivity contribution in [1.29, 1.82) is 0 Å². The van der Waals surface area contributed by atoms with Crippen LogP contribution in [0.2, 0.25) is 0 Å². The molecule has 3 heterocycles. The first kappa shape index (κ1) is 26.5. The third-order valence-corrected chi connectivity index (χ3v) is 5.46. The van der Waals surface area contributed by atoms with Crippen molar-refractivity contribution in [3.63, 3.8) is 0 Å². The van der Waals surface area contributed by atoms with Gasteiger partial charge in [-0.15, -0.1) is 0 Å². The Bertz CT molecular complexity index is 1290. The molecule has 0 aliphatic carbocycles. The number of hydrogen-bond acceptors (Lipinski definition) is 10. The van der Waals surface area contributed by atoms with E-state index in [1.165, 1.54) is 38.9 Å². The first-order valence-corrected chi connectivity index (χ1v) is 11.0. The van der Waals surface area contributed by atoms with E-state index < -0.39 is 35.0 Å². The number of likely N-dealkylation sites (N-methyl/N-ethyl adjacent to an activating group) is 1. The summed E-state index contributed by atoms with van der Waals surface area (Å²) in [5.41, 5.74) is -2.51. The number of aromatic nitrogens is 4. The number of carbonyl (C=O) groups is 2. The van der Waals surface area contributed by atoms with Gasteiger partial charge in [0.05, 0.1) is 38.5 Å². The minimum atomic E-state index is -4.70. The van der Waals surface area contributed by atoms with Crippen LogP contribution >= 0.6 is 0 Å². The molecule has 1 aliphatic heterocycles. The van der Waals surface area contributed by atoms with Crippen LogP contribution in [0, 0.1) is 0 Å². The molecule has 1 fully saturated rings. The molecule has 1 N–H and O–H groups in total. The first-order valence-electron chi connectivity index (χ1n) is 11.0. The van der Waals surface area contributed by atoms with Crippen molar-refractivity contribution in [1.82, 2.24) is 25.3 Å². The van der Waals surface area contributed by atoms with Crippen LogP contribution in [0.3, 0.4) is 0 Å². The van der Waals surface area contributed by atoms with Crippen molar-refractivity contribution < 1.29 is 41.7 Å². The van der Waals surface area contributed by atoms with Gasteiger partial charge in [0, 0.05) is 20.1 Å². The maximum Gasteiger partial charge on any atom is 0.420 e. The van der Waals surface area contributed by atoms with Gasteiger partial charge in [-0.25, -0.2) is 24.7 Å². The number of alkyl halides is 3. The maximum absolute atomic E-state index is 13.5. The zero-order chi connectivity index (χ0) is 27.3. The monoisotopic (exact) mass is 534 g/mol. The second-order valence-corrected chi connectivity index (χ2v) is 8.02. The number of hydrogen-bond donors (Lipinski definition) is 1. The summed E-state index contributed by atoms with van der Waals surface area (Å²) in [6.45, 7) is 0.0702. The number of benzene rings is 1. The van der Waals surface area contributed by atoms with Crippen molar-refractivity contribution in [2.45, 2.75) is 18.1 Å². The molecule has 3 aromatic rings. The molecule has 1 unspecified atom stereocenters. The highest BCUT2D eigenvalue weighted by atomic mass is 19.4. The lowest BCUT2D eigenvalue weighted by atomic mass is 9.97. The highest BCUT2D eigenvalue weighted by Gasteiger charge is 2.46. The number of carbonyl (C=O) groups excluding carboxylic acids is 2. The van der Waals surface area contributed by atoms with Crippen LogP contribution in [0.1, 0.15) is 12.0 Å². The number of nitrogens with zero attached hydrogens (tertiary/aromatic N) is 5. The van der Waals surface area contributed by atoms with Gasteiger partial charge >= 0.3 is 12.3 Å². The molecule has 1 aromatic carbocycles. The number of amides is 2. The molecule has 0 spiro atoms. The first-order chi connectivity index (χ1) is 18.1. The van der Waals surface area contributed by atoms with Crippen molar-refractivity contribution >= 4 is 17.9 Å². The van der Waals surface area contributed by atoms with E-state index in [0.29, 0.717) is 0 Å². The predicted molar refractivity (Wildman–Crippen MR) is 123 cm³/mol. The van der Waals surface area contributed by atoms with Crippen molar-refractivity contribution in [3.8, 4) is 23.0 Å². The number of nitrogens with one attached hydrogen (secondary N) is 1. The third kappa shape index (κ3) is 5.88. The van der Waals surface area contributed by atoms with E-state index in [0.717, 1.165) is 29.4 Å². The van der Waals surface area contributed by atoms with Gasteiger partial charge in [-0.1, -0.05) is 0 Å². The van der Waals surface area contributed by atoms with Crippen molar-refractivity contribution in [3.05, 3.63) is 54.9 Å². The molecule has 12 nitrogen and oxygen atoms in total. The molecule has 2 amide bonds. The lowest BCUT2D eigenvalue weighted by molar-refractivity contribution is -0.138. The van der Waals surface area contributed by atoms with Crippen LogP contribution in [-0.4, -0.2) is 64.8 Å². The van der Waals surface area contributed by atoms with Gasteiger partial charge in [0.15, 0.2) is 11.5 Å². The summed E-state index contributed by atoms with van der Waals surface area (Å²) in [5, 5.41) is 2.54. The summed E-state index contributed by atoms with van der Waals surface area (Å²) in [6.07, 6.45) is 0.580. The summed E-state index contributed by atoms with van der Waals surface area (Å²) in [4.78, 5) is 42.4. The Balaban J connectivity index is 1.48. The zero-order valence-corrected chi connectivity index (χ0v) is 20.1. The molecule has 1 aliphatic rings. The van der Waals surface area contributed by atoms with E-state index in [9.17, 15) is 22.8 Å². The number of halogens is 3. The lowest BCUT2D eigenvalue weighted by Crippen LogP contribution is -2.60. The second-order valence-electron chi connectivity index (χ2n) is 8.02. The molecule has 15 heteroatoms. The molecule has 200 valence electrons. The predicted octanol–water partition coefficient (Wildman–Crippen LogP) is 3.00. The van der Waals surface area contributed by atoms with Crippen molar-refractivity contribution in [2.24, 2.45) is 0 Å². The molecular weight excluding hydrogens is 513 g/mol. The summed E-state index contributed by atoms with van der Waals surface area (Å²) >= 11 is 0. The van der Waals surface area contributed by atoms with Crippen LogP contribution < -0.4 is 24.4 Å². The van der Waals surface area contributed by atoms with Crippen LogP contribution in [0.15, 0.2) is 49.3 Å². The van der Waals surface area contributed by atoms with E-state index in [4.69, 9.17) is 18.9 Å². The number of rotatable bonds is 7. The average Bonchev–Trinajstić information content (AvgIpc) is 3.37. The fraction of sp³-hybridized carbons (Fsp3) is 0.304. The lowest BCUT2D eigenvalue weighted by Gasteiger charge is -2.30. The molecule has 0 radical (unpaired) electrons. The third-order valence-electron chi connectivity index (χ3n) is 5.46. The minimum Gasteiger partial charge on any atom is -0.497 e. The molecule has 1 saturated heterocycles. The molecule has 1 atom stereocenters. The summed E-state index contributed by atoms with van der Waals surface area (Å²) in [5.74, 6) is -1.19. The summed E-state index contributed by atoms with van der Waals surface area (Å²) < 4.78 is 61.1. The van der Waals surface area contributed by atoms with Crippen LogP contribution in [0.25, 0.3) is 0 Å². The van der Waals surface area contributed by atoms with Crippen LogP contribution in [0.4, 0.5) is 23.9 Å². The Morgan fingerprint density at radius 1 is 1.08 bits per heavy atom. The van der Waals surface area contributed by atoms with Gasteiger partial charge in [0.1, 0.15) is 28.9 Å². The van der Waals surface area contributed by atoms with Crippen LogP contribution in [0.5, 0.6) is 23.0 Å². The Hall–Kier alpha value is -4.53. The SMILES string of the molecule is COc1ccc(Oc2cnc(N(C)C(=O)C3(NC(=O)Oc4cncnc4)CCOC3)nc2)c(C(F)(F)F)c1. The fourth-order valence-corrected chi connectivity index (χ4v) is 3.57. The van der Waals surface area contributed by atoms with Crippen LogP contribution in [-0.2, 0) is 15.7 Å². The van der Waals surface area contributed by atoms with E-state index in [-0.39, 0.29) is 42.8 Å². The van der Waals surface area contributed by atoms with Crippen molar-refractivity contribution in [2.75, 3.05) is 32.3 Å². The Morgan fingerprint density at radius 2 is 1.79 bits per heavy atom. The molecule has 38 heavy (non-hydrogen) atoms. The highest BCUT2D eigenvalue weighted by Crippen LogP contribution is 2.40. The van der Waals surface area contributed by atoms with Gasteiger partial charge in [-0.2, -0.15) is 13.2 Å². The smallest absolute Gasteiger partial charge is 0.420 e. The molecule has 0 saturated carbocycles. The topological polar surface area (TPSA) is 138 Å². The van der Waals surface area contributed by atoms with Gasteiger partial charge < -0.3 is 24.3 Å². The second kappa shape index (κ2) is 10.8. The normalized spacial score (nSPS) is 17.0. The molecule has 4 rings (SSSR count). The van der Waals surface area contributed by atoms with Gasteiger partial charge in [-0.3, -0.25) is 9.69 Å². The summed E-state index contributed by atoms with van der Waals surface area (Å²) in [7, 11) is 2.63. The number of ether oxygens (including phenoxy) is 4. The maximum atomic E-state index is 13.5. The largest absolute Gasteiger partial charge is 0.497 e. The number of methoxy groups -OCH3 is 1. The average molecular weight is 534 g/mol. The Labute approximate surface area is 213 Å². The van der Waals surface area contributed by atoms with E-state index in [1.807, 2.05) is 0 Å². The minimum absolute atomic E-state index is 0.0100. The Kier molecular flexibility index (Phi) is 7.57. The number of anilines is 1. The fourth-order valence-electron chi connectivity index (χ4n) is 3.57. The molecule has 0 bridgehead atoms. The van der Waals surface area contributed by atoms with E-state index in [2.05, 4.69) is 25.3 Å².